The number of carbonyl (C=O) groups is 1. The van der Waals surface area contributed by atoms with Crippen LogP contribution in [0, 0.1) is 0 Å². The first-order valence-corrected chi connectivity index (χ1v) is 7.16. The van der Waals surface area contributed by atoms with E-state index in [-0.39, 0.29) is 11.8 Å². The molecular weight excluding hydrogens is 302 g/mol. The smallest absolute Gasteiger partial charge is 0.226 e. The summed E-state index contributed by atoms with van der Waals surface area (Å²) < 4.78 is 1.07. The van der Waals surface area contributed by atoms with Crippen molar-refractivity contribution in [3.8, 4) is 0 Å². The quantitative estimate of drug-likeness (QED) is 0.681. The minimum absolute atomic E-state index is 0.0589. The molecular formula is C16H15BrNO+. The van der Waals surface area contributed by atoms with Crippen LogP contribution in [0.1, 0.15) is 22.0 Å². The Labute approximate surface area is 121 Å². The Morgan fingerprint density at radius 1 is 1.05 bits per heavy atom. The normalized spacial score (nSPS) is 25.1. The van der Waals surface area contributed by atoms with Gasteiger partial charge in [0.05, 0.1) is 7.05 Å². The van der Waals surface area contributed by atoms with Crippen molar-refractivity contribution >= 4 is 21.7 Å². The molecule has 0 aromatic heterocycles. The zero-order valence-electron chi connectivity index (χ0n) is 10.6. The molecule has 0 bridgehead atoms. The average molecular weight is 317 g/mol. The highest BCUT2D eigenvalue weighted by Gasteiger charge is 2.57. The first kappa shape index (κ1) is 12.6. The number of halogens is 1. The first-order valence-electron chi connectivity index (χ1n) is 6.36. The van der Waals surface area contributed by atoms with Crippen molar-refractivity contribution in [1.29, 1.82) is 0 Å². The minimum atomic E-state index is 0.0589. The Hall–Kier alpha value is -1.45. The van der Waals surface area contributed by atoms with E-state index in [0.717, 1.165) is 10.0 Å². The molecule has 1 unspecified atom stereocenters. The van der Waals surface area contributed by atoms with Gasteiger partial charge in [0.1, 0.15) is 0 Å². The minimum Gasteiger partial charge on any atom is -0.312 e. The summed E-state index contributed by atoms with van der Waals surface area (Å²) >= 11 is 3.44. The Bertz CT molecular complexity index is 594. The average Bonchev–Trinajstić information content (AvgIpc) is 3.11. The fraction of sp³-hybridized carbons (Fsp3) is 0.188. The van der Waals surface area contributed by atoms with E-state index in [1.165, 1.54) is 10.5 Å². The Kier molecular flexibility index (Phi) is 3.25. The van der Waals surface area contributed by atoms with E-state index in [1.54, 1.807) is 0 Å². The van der Waals surface area contributed by atoms with Crippen molar-refractivity contribution in [2.24, 2.45) is 0 Å². The molecule has 1 fully saturated rings. The monoisotopic (exact) mass is 316 g/mol. The van der Waals surface area contributed by atoms with Crippen LogP contribution in [0.3, 0.4) is 0 Å². The summed E-state index contributed by atoms with van der Waals surface area (Å²) in [6.07, 6.45) is 0. The summed E-state index contributed by atoms with van der Waals surface area (Å²) in [5, 5.41) is 0. The highest BCUT2D eigenvalue weighted by Crippen LogP contribution is 2.26. The molecule has 2 aromatic rings. The van der Waals surface area contributed by atoms with Crippen molar-refractivity contribution in [2.75, 3.05) is 7.05 Å². The van der Waals surface area contributed by atoms with Gasteiger partial charge in [-0.15, -0.1) is 0 Å². The molecule has 2 aromatic carbocycles. The van der Waals surface area contributed by atoms with E-state index in [0.29, 0.717) is 6.04 Å². The van der Waals surface area contributed by atoms with E-state index in [4.69, 9.17) is 0 Å². The zero-order chi connectivity index (χ0) is 13.4. The number of hydrogen-bond acceptors (Lipinski definition) is 1. The molecule has 1 N–H and O–H groups in total. The Balaban J connectivity index is 1.81. The molecule has 0 amide bonds. The molecule has 1 saturated heterocycles. The van der Waals surface area contributed by atoms with Gasteiger partial charge >= 0.3 is 0 Å². The first-order chi connectivity index (χ1) is 9.18. The predicted octanol–water partition coefficient (Wildman–Crippen LogP) is 2.27. The molecule has 3 atom stereocenters. The maximum atomic E-state index is 12.4. The van der Waals surface area contributed by atoms with Crippen LogP contribution in [-0.4, -0.2) is 18.9 Å². The summed E-state index contributed by atoms with van der Waals surface area (Å²) in [5.41, 5.74) is 2.04. The molecule has 0 aliphatic carbocycles. The second-order valence-electron chi connectivity index (χ2n) is 4.98. The van der Waals surface area contributed by atoms with E-state index < -0.39 is 0 Å². The van der Waals surface area contributed by atoms with Crippen molar-refractivity contribution < 1.29 is 9.69 Å². The maximum absolute atomic E-state index is 12.4. The van der Waals surface area contributed by atoms with Crippen LogP contribution in [0.25, 0.3) is 0 Å². The van der Waals surface area contributed by atoms with Gasteiger partial charge in [-0.3, -0.25) is 4.79 Å². The highest BCUT2D eigenvalue weighted by atomic mass is 79.9. The van der Waals surface area contributed by atoms with Gasteiger partial charge in [-0.05, 0) is 12.1 Å². The summed E-state index contributed by atoms with van der Waals surface area (Å²) in [6.45, 7) is 0. The van der Waals surface area contributed by atoms with Crippen molar-refractivity contribution in [3.63, 3.8) is 0 Å². The number of carbonyl (C=O) groups excluding carboxylic acids is 1. The number of Topliss-reactive ketones (excluding diaryl/α,β-unsaturated/α-hetero) is 1. The Morgan fingerprint density at radius 2 is 1.68 bits per heavy atom. The topological polar surface area (TPSA) is 21.5 Å². The van der Waals surface area contributed by atoms with Crippen LogP contribution in [-0.2, 0) is 0 Å². The Morgan fingerprint density at radius 3 is 2.32 bits per heavy atom. The number of ketones is 1. The summed E-state index contributed by atoms with van der Waals surface area (Å²) in [7, 11) is 2.08. The molecule has 3 rings (SSSR count). The fourth-order valence-electron chi connectivity index (χ4n) is 2.65. The third-order valence-electron chi connectivity index (χ3n) is 3.78. The second-order valence-corrected chi connectivity index (χ2v) is 5.90. The summed E-state index contributed by atoms with van der Waals surface area (Å²) in [5.74, 6) is 0.242. The number of quaternary nitrogens is 1. The predicted molar refractivity (Wildman–Crippen MR) is 78.3 cm³/mol. The highest BCUT2D eigenvalue weighted by molar-refractivity contribution is 9.10. The largest absolute Gasteiger partial charge is 0.312 e. The standard InChI is InChI=1S/C16H14BrNO/c1-18-14(11-7-9-13(17)10-8-11)15(18)16(19)12-5-3-2-4-6-12/h2-10,14-15H,1H3/p+1/t14-,15-,18?/m0/s1. The van der Waals surface area contributed by atoms with Crippen molar-refractivity contribution in [1.82, 2.24) is 0 Å². The van der Waals surface area contributed by atoms with Crippen LogP contribution in [0.5, 0.6) is 0 Å². The van der Waals surface area contributed by atoms with Crippen molar-refractivity contribution in [3.05, 3.63) is 70.2 Å². The molecule has 2 nitrogen and oxygen atoms in total. The van der Waals surface area contributed by atoms with Gasteiger partial charge < -0.3 is 4.90 Å². The molecule has 0 radical (unpaired) electrons. The van der Waals surface area contributed by atoms with Gasteiger partial charge in [-0.1, -0.05) is 58.4 Å². The van der Waals surface area contributed by atoms with Crippen LogP contribution in [0.2, 0.25) is 0 Å². The number of likely N-dealkylation sites (N-methyl/N-ethyl adjacent to an activating group) is 1. The third kappa shape index (κ3) is 2.36. The molecule has 19 heavy (non-hydrogen) atoms. The number of nitrogens with one attached hydrogen (secondary N) is 1. The summed E-state index contributed by atoms with van der Waals surface area (Å²) in [6, 6.07) is 18.2. The van der Waals surface area contributed by atoms with Gasteiger partial charge in [0.25, 0.3) is 0 Å². The van der Waals surface area contributed by atoms with Crippen LogP contribution in [0.4, 0.5) is 0 Å². The molecule has 0 spiro atoms. The van der Waals surface area contributed by atoms with Gasteiger partial charge in [0, 0.05) is 15.6 Å². The van der Waals surface area contributed by atoms with E-state index in [9.17, 15) is 4.79 Å². The molecule has 0 saturated carbocycles. The van der Waals surface area contributed by atoms with Crippen LogP contribution >= 0.6 is 15.9 Å². The second kappa shape index (κ2) is 4.91. The van der Waals surface area contributed by atoms with E-state index in [1.807, 2.05) is 42.5 Å². The lowest BCUT2D eigenvalue weighted by Crippen LogP contribution is -2.91. The third-order valence-corrected chi connectivity index (χ3v) is 4.30. The molecule has 3 heteroatoms. The van der Waals surface area contributed by atoms with Gasteiger partial charge in [0.15, 0.2) is 6.04 Å². The lowest BCUT2D eigenvalue weighted by molar-refractivity contribution is -0.762. The molecule has 1 heterocycles. The lowest BCUT2D eigenvalue weighted by atomic mass is 10.0. The SMILES string of the molecule is C[NH+]1[C@H](C(=O)c2ccccc2)[C@@H]1c1ccc(Br)cc1. The van der Waals surface area contributed by atoms with Gasteiger partial charge in [0.2, 0.25) is 11.8 Å². The van der Waals surface area contributed by atoms with Crippen LogP contribution < -0.4 is 4.90 Å². The number of hydrogen-bond donors (Lipinski definition) is 1. The number of rotatable bonds is 3. The number of benzene rings is 2. The molecule has 1 aliphatic rings. The van der Waals surface area contributed by atoms with E-state index in [2.05, 4.69) is 35.1 Å². The fourth-order valence-corrected chi connectivity index (χ4v) is 2.92. The summed E-state index contributed by atoms with van der Waals surface area (Å²) in [4.78, 5) is 13.7. The van der Waals surface area contributed by atoms with Gasteiger partial charge in [-0.2, -0.15) is 0 Å². The molecule has 1 aliphatic heterocycles. The van der Waals surface area contributed by atoms with Crippen LogP contribution in [0.15, 0.2) is 59.1 Å². The van der Waals surface area contributed by atoms with E-state index >= 15 is 0 Å². The maximum Gasteiger partial charge on any atom is 0.226 e. The van der Waals surface area contributed by atoms with Crippen molar-refractivity contribution in [2.45, 2.75) is 12.1 Å². The molecule has 96 valence electrons. The van der Waals surface area contributed by atoms with Gasteiger partial charge in [-0.25, -0.2) is 0 Å². The zero-order valence-corrected chi connectivity index (χ0v) is 12.2. The lowest BCUT2D eigenvalue weighted by Gasteiger charge is -1.95.